The second-order valence-electron chi connectivity index (χ2n) is 8.41. The van der Waals surface area contributed by atoms with Crippen molar-refractivity contribution >= 4 is 21.6 Å². The quantitative estimate of drug-likeness (QED) is 0.721. The standard InChI is InChI=1S/C24H30N2O3S/c1-19-18-21-8-4-5-9-23(21)26(19)24(27)15-12-20-10-13-22(14-11-20)30(28,29)25-16-6-2-3-7-17-25/h4-5,8-11,13-14,19H,2-3,6-7,12,15-18H2,1H3/t19-/m0/s1. The minimum absolute atomic E-state index is 0.119. The van der Waals surface area contributed by atoms with Crippen molar-refractivity contribution in [1.29, 1.82) is 0 Å². The van der Waals surface area contributed by atoms with E-state index < -0.39 is 10.0 Å². The molecule has 2 aromatic carbocycles. The second kappa shape index (κ2) is 8.90. The molecule has 0 spiro atoms. The van der Waals surface area contributed by atoms with Gasteiger partial charge in [-0.1, -0.05) is 43.2 Å². The van der Waals surface area contributed by atoms with Crippen LogP contribution in [-0.4, -0.2) is 37.8 Å². The minimum Gasteiger partial charge on any atom is -0.309 e. The molecule has 2 heterocycles. The molecule has 1 saturated heterocycles. The maximum absolute atomic E-state index is 12.9. The highest BCUT2D eigenvalue weighted by Crippen LogP contribution is 2.32. The number of rotatable bonds is 5. The van der Waals surface area contributed by atoms with Gasteiger partial charge in [0.2, 0.25) is 15.9 Å². The highest BCUT2D eigenvalue weighted by molar-refractivity contribution is 7.89. The Morgan fingerprint density at radius 3 is 2.33 bits per heavy atom. The minimum atomic E-state index is -3.43. The maximum Gasteiger partial charge on any atom is 0.243 e. The van der Waals surface area contributed by atoms with Crippen molar-refractivity contribution in [2.24, 2.45) is 0 Å². The summed E-state index contributed by atoms with van der Waals surface area (Å²) in [7, 11) is -3.43. The number of para-hydroxylation sites is 1. The number of carbonyl (C=O) groups is 1. The monoisotopic (exact) mass is 426 g/mol. The van der Waals surface area contributed by atoms with Crippen LogP contribution in [0.1, 0.15) is 50.2 Å². The maximum atomic E-state index is 12.9. The van der Waals surface area contributed by atoms with E-state index >= 15 is 0 Å². The van der Waals surface area contributed by atoms with E-state index in [1.807, 2.05) is 35.2 Å². The molecular weight excluding hydrogens is 396 g/mol. The van der Waals surface area contributed by atoms with E-state index in [-0.39, 0.29) is 11.9 Å². The van der Waals surface area contributed by atoms with Gasteiger partial charge in [0.15, 0.2) is 0 Å². The fraction of sp³-hybridized carbons (Fsp3) is 0.458. The van der Waals surface area contributed by atoms with E-state index in [1.54, 1.807) is 16.4 Å². The van der Waals surface area contributed by atoms with Crippen molar-refractivity contribution < 1.29 is 13.2 Å². The third-order valence-corrected chi connectivity index (χ3v) is 8.14. The van der Waals surface area contributed by atoms with Crippen LogP contribution in [0.3, 0.4) is 0 Å². The Labute approximate surface area is 179 Å². The molecule has 2 aliphatic heterocycles. The van der Waals surface area contributed by atoms with E-state index in [4.69, 9.17) is 0 Å². The number of aryl methyl sites for hydroxylation is 1. The topological polar surface area (TPSA) is 57.7 Å². The lowest BCUT2D eigenvalue weighted by atomic mass is 10.1. The lowest BCUT2D eigenvalue weighted by Gasteiger charge is -2.23. The molecule has 1 atom stereocenters. The first-order valence-electron chi connectivity index (χ1n) is 11.0. The van der Waals surface area contributed by atoms with Gasteiger partial charge in [0, 0.05) is 31.2 Å². The second-order valence-corrected chi connectivity index (χ2v) is 10.3. The van der Waals surface area contributed by atoms with E-state index in [1.165, 1.54) is 5.56 Å². The molecule has 2 aliphatic rings. The van der Waals surface area contributed by atoms with Crippen molar-refractivity contribution in [2.45, 2.75) is 62.8 Å². The molecule has 0 unspecified atom stereocenters. The summed E-state index contributed by atoms with van der Waals surface area (Å²) < 4.78 is 27.4. The van der Waals surface area contributed by atoms with Crippen LogP contribution in [0.4, 0.5) is 5.69 Å². The zero-order valence-corrected chi connectivity index (χ0v) is 18.4. The Morgan fingerprint density at radius 2 is 1.63 bits per heavy atom. The van der Waals surface area contributed by atoms with Crippen LogP contribution in [-0.2, 0) is 27.7 Å². The highest BCUT2D eigenvalue weighted by atomic mass is 32.2. The Morgan fingerprint density at radius 1 is 0.967 bits per heavy atom. The molecule has 2 aromatic rings. The zero-order valence-electron chi connectivity index (χ0n) is 17.6. The smallest absolute Gasteiger partial charge is 0.243 e. The molecule has 0 N–H and O–H groups in total. The van der Waals surface area contributed by atoms with E-state index in [9.17, 15) is 13.2 Å². The van der Waals surface area contributed by atoms with Gasteiger partial charge >= 0.3 is 0 Å². The summed E-state index contributed by atoms with van der Waals surface area (Å²) in [6, 6.07) is 15.3. The van der Waals surface area contributed by atoms with Crippen molar-refractivity contribution in [2.75, 3.05) is 18.0 Å². The molecule has 5 nitrogen and oxygen atoms in total. The van der Waals surface area contributed by atoms with Crippen molar-refractivity contribution in [1.82, 2.24) is 4.31 Å². The van der Waals surface area contributed by atoms with Gasteiger partial charge in [0.1, 0.15) is 0 Å². The number of nitrogens with zero attached hydrogens (tertiary/aromatic N) is 2. The van der Waals surface area contributed by atoms with Crippen LogP contribution in [0.2, 0.25) is 0 Å². The average molecular weight is 427 g/mol. The van der Waals surface area contributed by atoms with Gasteiger partial charge in [-0.2, -0.15) is 4.31 Å². The molecule has 0 bridgehead atoms. The molecule has 0 saturated carbocycles. The fourth-order valence-corrected chi connectivity index (χ4v) is 6.09. The predicted molar refractivity (Wildman–Crippen MR) is 119 cm³/mol. The molecule has 0 aromatic heterocycles. The van der Waals surface area contributed by atoms with E-state index in [0.717, 1.165) is 43.4 Å². The molecule has 0 aliphatic carbocycles. The first kappa shape index (κ1) is 21.1. The van der Waals surface area contributed by atoms with Gasteiger partial charge in [-0.25, -0.2) is 8.42 Å². The normalized spacial score (nSPS) is 20.0. The summed E-state index contributed by atoms with van der Waals surface area (Å²) in [6.07, 6.45) is 5.96. The van der Waals surface area contributed by atoms with Crippen molar-refractivity contribution in [3.05, 3.63) is 59.7 Å². The van der Waals surface area contributed by atoms with Gasteiger partial charge in [-0.3, -0.25) is 4.79 Å². The Hall–Kier alpha value is -2.18. The first-order chi connectivity index (χ1) is 14.5. The molecule has 1 amide bonds. The molecular formula is C24H30N2O3S. The number of amides is 1. The third kappa shape index (κ3) is 4.30. The summed E-state index contributed by atoms with van der Waals surface area (Å²) in [5, 5.41) is 0. The number of hydrogen-bond donors (Lipinski definition) is 0. The lowest BCUT2D eigenvalue weighted by molar-refractivity contribution is -0.118. The number of anilines is 1. The summed E-state index contributed by atoms with van der Waals surface area (Å²) in [4.78, 5) is 15.1. The molecule has 30 heavy (non-hydrogen) atoms. The number of benzene rings is 2. The number of carbonyl (C=O) groups excluding carboxylic acids is 1. The van der Waals surface area contributed by atoms with Crippen molar-refractivity contribution in [3.63, 3.8) is 0 Å². The van der Waals surface area contributed by atoms with Crippen LogP contribution < -0.4 is 4.90 Å². The van der Waals surface area contributed by atoms with Crippen LogP contribution in [0.15, 0.2) is 53.4 Å². The highest BCUT2D eigenvalue weighted by Gasteiger charge is 2.30. The third-order valence-electron chi connectivity index (χ3n) is 6.23. The first-order valence-corrected chi connectivity index (χ1v) is 12.4. The Balaban J connectivity index is 1.40. The SMILES string of the molecule is C[C@H]1Cc2ccccc2N1C(=O)CCc1ccc(S(=O)(=O)N2CCCCCC2)cc1. The summed E-state index contributed by atoms with van der Waals surface area (Å²) in [5.74, 6) is 0.119. The van der Waals surface area contributed by atoms with E-state index in [2.05, 4.69) is 13.0 Å². The molecule has 6 heteroatoms. The predicted octanol–water partition coefficient (Wildman–Crippen LogP) is 4.16. The van der Waals surface area contributed by atoms with Crippen molar-refractivity contribution in [3.8, 4) is 0 Å². The summed E-state index contributed by atoms with van der Waals surface area (Å²) >= 11 is 0. The van der Waals surface area contributed by atoms with Gasteiger partial charge in [0.25, 0.3) is 0 Å². The lowest BCUT2D eigenvalue weighted by Crippen LogP contribution is -2.35. The Bertz CT molecular complexity index is 993. The molecule has 4 rings (SSSR count). The van der Waals surface area contributed by atoms with Gasteiger partial charge in [-0.15, -0.1) is 0 Å². The number of fused-ring (bicyclic) bond motifs is 1. The summed E-state index contributed by atoms with van der Waals surface area (Å²) in [6.45, 7) is 3.29. The Kier molecular flexibility index (Phi) is 6.25. The van der Waals surface area contributed by atoms with Crippen LogP contribution in [0.25, 0.3) is 0 Å². The fourth-order valence-electron chi connectivity index (χ4n) is 4.58. The average Bonchev–Trinajstić information content (AvgIpc) is 2.91. The van der Waals surface area contributed by atoms with Gasteiger partial charge in [-0.05, 0) is 61.9 Å². The molecule has 1 fully saturated rings. The van der Waals surface area contributed by atoms with Crippen LogP contribution in [0.5, 0.6) is 0 Å². The number of sulfonamides is 1. The van der Waals surface area contributed by atoms with E-state index in [0.29, 0.717) is 30.8 Å². The van der Waals surface area contributed by atoms with Crippen LogP contribution >= 0.6 is 0 Å². The zero-order chi connectivity index (χ0) is 21.1. The molecule has 0 radical (unpaired) electrons. The number of hydrogen-bond acceptors (Lipinski definition) is 3. The van der Waals surface area contributed by atoms with Gasteiger partial charge in [0.05, 0.1) is 4.90 Å². The van der Waals surface area contributed by atoms with Crippen LogP contribution in [0, 0.1) is 0 Å². The molecule has 160 valence electrons. The largest absolute Gasteiger partial charge is 0.309 e. The summed E-state index contributed by atoms with van der Waals surface area (Å²) in [5.41, 5.74) is 3.23. The van der Waals surface area contributed by atoms with Gasteiger partial charge < -0.3 is 4.90 Å².